The molecule has 0 heterocycles. The molecule has 1 aromatic carbocycles. The molecule has 2 rings (SSSR count). The van der Waals surface area contributed by atoms with Crippen molar-refractivity contribution in [3.8, 4) is 0 Å². The van der Waals surface area contributed by atoms with Gasteiger partial charge in [-0.25, -0.2) is 4.39 Å². The number of halogens is 1. The lowest BCUT2D eigenvalue weighted by atomic mass is 9.82. The van der Waals surface area contributed by atoms with Crippen molar-refractivity contribution in [3.05, 3.63) is 35.1 Å². The summed E-state index contributed by atoms with van der Waals surface area (Å²) in [4.78, 5) is 0.214. The summed E-state index contributed by atoms with van der Waals surface area (Å²) in [5.74, 6) is 1.07. The van der Waals surface area contributed by atoms with E-state index in [9.17, 15) is 4.39 Å². The van der Waals surface area contributed by atoms with Crippen LogP contribution in [0.15, 0.2) is 18.2 Å². The summed E-state index contributed by atoms with van der Waals surface area (Å²) in [7, 11) is 0. The van der Waals surface area contributed by atoms with Crippen molar-refractivity contribution in [2.75, 3.05) is 0 Å². The molecule has 0 spiro atoms. The molecule has 2 atom stereocenters. The van der Waals surface area contributed by atoms with Crippen LogP contribution in [0, 0.1) is 17.7 Å². The lowest BCUT2D eigenvalue weighted by Gasteiger charge is -2.31. The Hall–Kier alpha value is -1.00. The van der Waals surface area contributed by atoms with Gasteiger partial charge in [0.25, 0.3) is 0 Å². The van der Waals surface area contributed by atoms with E-state index in [2.05, 4.69) is 13.8 Å². The monoisotopic (exact) mass is 295 g/mol. The molecule has 0 amide bonds. The molecule has 0 aliphatic heterocycles. The van der Waals surface area contributed by atoms with Gasteiger partial charge in [0.05, 0.1) is 12.7 Å². The third-order valence-corrected chi connectivity index (χ3v) is 4.18. The van der Waals surface area contributed by atoms with Crippen LogP contribution in [0.3, 0.4) is 0 Å². The second-order valence-corrected chi connectivity index (χ2v) is 6.46. The predicted octanol–water partition coefficient (Wildman–Crippen LogP) is 3.80. The van der Waals surface area contributed by atoms with Gasteiger partial charge in [-0.15, -0.1) is 0 Å². The Morgan fingerprint density at radius 2 is 1.95 bits per heavy atom. The number of nitrogens with two attached hydrogens (primary N) is 1. The maximum atomic E-state index is 13.9. The van der Waals surface area contributed by atoms with E-state index in [1.807, 2.05) is 0 Å². The van der Waals surface area contributed by atoms with E-state index < -0.39 is 0 Å². The van der Waals surface area contributed by atoms with Crippen LogP contribution in [0.5, 0.6) is 0 Å². The number of rotatable bonds is 4. The van der Waals surface area contributed by atoms with Gasteiger partial charge in [0.1, 0.15) is 10.8 Å². The summed E-state index contributed by atoms with van der Waals surface area (Å²) < 4.78 is 19.8. The van der Waals surface area contributed by atoms with Crippen LogP contribution >= 0.6 is 12.2 Å². The number of ether oxygens (including phenoxy) is 1. The lowest BCUT2D eigenvalue weighted by molar-refractivity contribution is -0.0102. The first-order chi connectivity index (χ1) is 9.45. The van der Waals surface area contributed by atoms with Crippen LogP contribution in [-0.4, -0.2) is 11.1 Å². The highest BCUT2D eigenvalue weighted by molar-refractivity contribution is 7.80. The number of hydrogen-bond donors (Lipinski definition) is 1. The number of hydrogen-bond acceptors (Lipinski definition) is 2. The molecule has 2 nitrogen and oxygen atoms in total. The van der Waals surface area contributed by atoms with E-state index in [0.29, 0.717) is 29.6 Å². The minimum Gasteiger partial charge on any atom is -0.389 e. The summed E-state index contributed by atoms with van der Waals surface area (Å²) in [5.41, 5.74) is 6.61. The van der Waals surface area contributed by atoms with Crippen LogP contribution in [-0.2, 0) is 11.3 Å². The minimum atomic E-state index is -0.299. The molecule has 1 aliphatic rings. The van der Waals surface area contributed by atoms with Gasteiger partial charge in [-0.2, -0.15) is 0 Å². The maximum absolute atomic E-state index is 13.9. The maximum Gasteiger partial charge on any atom is 0.129 e. The van der Waals surface area contributed by atoms with Crippen LogP contribution in [0.1, 0.15) is 44.2 Å². The largest absolute Gasteiger partial charge is 0.389 e. The van der Waals surface area contributed by atoms with E-state index in [1.54, 1.807) is 12.1 Å². The Morgan fingerprint density at radius 1 is 1.30 bits per heavy atom. The van der Waals surface area contributed by atoms with Crippen LogP contribution in [0.2, 0.25) is 0 Å². The van der Waals surface area contributed by atoms with E-state index in [-0.39, 0.29) is 16.9 Å². The summed E-state index contributed by atoms with van der Waals surface area (Å²) in [6.07, 6.45) is 3.63. The summed E-state index contributed by atoms with van der Waals surface area (Å²) >= 11 is 4.84. The molecule has 1 aromatic rings. The summed E-state index contributed by atoms with van der Waals surface area (Å²) in [6.45, 7) is 4.82. The first-order valence-corrected chi connectivity index (χ1v) is 7.56. The van der Waals surface area contributed by atoms with Crippen molar-refractivity contribution in [2.24, 2.45) is 17.6 Å². The molecular formula is C16H22FNOS. The molecule has 0 saturated heterocycles. The van der Waals surface area contributed by atoms with Gasteiger partial charge < -0.3 is 10.5 Å². The highest BCUT2D eigenvalue weighted by Crippen LogP contribution is 2.30. The van der Waals surface area contributed by atoms with E-state index in [1.165, 1.54) is 12.5 Å². The Kier molecular flexibility index (Phi) is 5.11. The highest BCUT2D eigenvalue weighted by atomic mass is 32.1. The van der Waals surface area contributed by atoms with Gasteiger partial charge in [-0.1, -0.05) is 38.2 Å². The second-order valence-electron chi connectivity index (χ2n) is 6.02. The normalized spacial score (nSPS) is 26.4. The first-order valence-electron chi connectivity index (χ1n) is 7.15. The Bertz CT molecular complexity index is 481. The smallest absolute Gasteiger partial charge is 0.129 e. The molecule has 2 unspecified atom stereocenters. The lowest BCUT2D eigenvalue weighted by Crippen LogP contribution is -2.26. The molecule has 1 saturated carbocycles. The predicted molar refractivity (Wildman–Crippen MR) is 83.0 cm³/mol. The fourth-order valence-corrected chi connectivity index (χ4v) is 3.16. The van der Waals surface area contributed by atoms with Crippen LogP contribution in [0.4, 0.5) is 4.39 Å². The van der Waals surface area contributed by atoms with Gasteiger partial charge >= 0.3 is 0 Å². The zero-order valence-electron chi connectivity index (χ0n) is 12.1. The fourth-order valence-electron chi connectivity index (χ4n) is 3.03. The SMILES string of the molecule is CC1CC(C)CC(OCc2ccc(C(N)=S)cc2F)C1. The topological polar surface area (TPSA) is 35.2 Å². The third kappa shape index (κ3) is 4.00. The molecule has 0 aromatic heterocycles. The molecule has 1 aliphatic carbocycles. The molecule has 4 heteroatoms. The van der Waals surface area contributed by atoms with E-state index >= 15 is 0 Å². The summed E-state index contributed by atoms with van der Waals surface area (Å²) in [5, 5.41) is 0. The molecule has 20 heavy (non-hydrogen) atoms. The molecule has 0 bridgehead atoms. The fraction of sp³-hybridized carbons (Fsp3) is 0.562. The van der Waals surface area contributed by atoms with Crippen molar-refractivity contribution in [2.45, 2.75) is 45.8 Å². The Labute approximate surface area is 125 Å². The van der Waals surface area contributed by atoms with Gasteiger partial charge in [-0.3, -0.25) is 0 Å². The second kappa shape index (κ2) is 6.64. The van der Waals surface area contributed by atoms with Crippen molar-refractivity contribution >= 4 is 17.2 Å². The molecule has 2 N–H and O–H groups in total. The standard InChI is InChI=1S/C16H22FNOS/c1-10-5-11(2)7-14(6-10)19-9-13-4-3-12(16(18)20)8-15(13)17/h3-4,8,10-11,14H,5-7,9H2,1-2H3,(H2,18,20). The average molecular weight is 295 g/mol. The highest BCUT2D eigenvalue weighted by Gasteiger charge is 2.24. The van der Waals surface area contributed by atoms with Gasteiger partial charge in [0.15, 0.2) is 0 Å². The van der Waals surface area contributed by atoms with Crippen molar-refractivity contribution in [3.63, 3.8) is 0 Å². The molecular weight excluding hydrogens is 273 g/mol. The van der Waals surface area contributed by atoms with E-state index in [4.69, 9.17) is 22.7 Å². The van der Waals surface area contributed by atoms with Crippen LogP contribution in [0.25, 0.3) is 0 Å². The molecule has 1 fully saturated rings. The average Bonchev–Trinajstić information content (AvgIpc) is 2.36. The third-order valence-electron chi connectivity index (χ3n) is 3.95. The molecule has 0 radical (unpaired) electrons. The van der Waals surface area contributed by atoms with Gasteiger partial charge in [-0.05, 0) is 37.2 Å². The van der Waals surface area contributed by atoms with Gasteiger partial charge in [0.2, 0.25) is 0 Å². The van der Waals surface area contributed by atoms with E-state index in [0.717, 1.165) is 12.8 Å². The summed E-state index contributed by atoms with van der Waals surface area (Å²) in [6, 6.07) is 4.84. The van der Waals surface area contributed by atoms with Crippen molar-refractivity contribution < 1.29 is 9.13 Å². The zero-order valence-corrected chi connectivity index (χ0v) is 12.9. The number of benzene rings is 1. The minimum absolute atomic E-state index is 0.214. The van der Waals surface area contributed by atoms with Crippen molar-refractivity contribution in [1.82, 2.24) is 0 Å². The zero-order chi connectivity index (χ0) is 14.7. The Balaban J connectivity index is 1.95. The number of thiocarbonyl (C=S) groups is 1. The molecule has 110 valence electrons. The van der Waals surface area contributed by atoms with Gasteiger partial charge in [0, 0.05) is 11.1 Å². The first kappa shape index (κ1) is 15.4. The van der Waals surface area contributed by atoms with Crippen molar-refractivity contribution in [1.29, 1.82) is 0 Å². The quantitative estimate of drug-likeness (QED) is 0.858. The Morgan fingerprint density at radius 3 is 2.50 bits per heavy atom. The van der Waals surface area contributed by atoms with Crippen LogP contribution < -0.4 is 5.73 Å².